The molecule has 0 amide bonds. The number of rotatable bonds is 2. The average Bonchev–Trinajstić information content (AvgIpc) is 2.20. The standard InChI is InChI=1S/C11H11NO2/c13-6-4-8-1-2-10-9(7-8)11(14)3-5-12-10/h1-3,5,7,13H,4,6H2,(H,12,14). The molecular weight excluding hydrogens is 178 g/mol. The van der Waals surface area contributed by atoms with Gasteiger partial charge in [0.1, 0.15) is 0 Å². The molecule has 0 atom stereocenters. The van der Waals surface area contributed by atoms with E-state index in [2.05, 4.69) is 4.98 Å². The van der Waals surface area contributed by atoms with Crippen molar-refractivity contribution in [1.29, 1.82) is 0 Å². The number of nitrogens with one attached hydrogen (secondary N) is 1. The Kier molecular flexibility index (Phi) is 2.33. The van der Waals surface area contributed by atoms with Gasteiger partial charge in [-0.3, -0.25) is 4.79 Å². The summed E-state index contributed by atoms with van der Waals surface area (Å²) in [5.74, 6) is 0. The van der Waals surface area contributed by atoms with Crippen LogP contribution in [0.25, 0.3) is 10.9 Å². The Morgan fingerprint density at radius 1 is 1.29 bits per heavy atom. The fourth-order valence-corrected chi connectivity index (χ4v) is 1.50. The van der Waals surface area contributed by atoms with E-state index in [0.29, 0.717) is 11.8 Å². The smallest absolute Gasteiger partial charge is 0.189 e. The molecule has 1 aromatic heterocycles. The number of aliphatic hydroxyl groups excluding tert-OH is 1. The first-order valence-electron chi connectivity index (χ1n) is 4.52. The SMILES string of the molecule is O=c1cc[nH]c2ccc(CCO)cc12. The number of hydrogen-bond acceptors (Lipinski definition) is 2. The zero-order chi connectivity index (χ0) is 9.97. The molecule has 0 aliphatic rings. The third kappa shape index (κ3) is 1.54. The lowest BCUT2D eigenvalue weighted by molar-refractivity contribution is 0.299. The molecule has 0 aliphatic heterocycles. The van der Waals surface area contributed by atoms with E-state index in [4.69, 9.17) is 5.11 Å². The van der Waals surface area contributed by atoms with Crippen LogP contribution < -0.4 is 5.43 Å². The van der Waals surface area contributed by atoms with Crippen LogP contribution in [0.1, 0.15) is 5.56 Å². The van der Waals surface area contributed by atoms with Gasteiger partial charge in [0.15, 0.2) is 5.43 Å². The first-order chi connectivity index (χ1) is 6.81. The fraction of sp³-hybridized carbons (Fsp3) is 0.182. The van der Waals surface area contributed by atoms with Crippen LogP contribution >= 0.6 is 0 Å². The average molecular weight is 189 g/mol. The highest BCUT2D eigenvalue weighted by molar-refractivity contribution is 5.78. The molecule has 14 heavy (non-hydrogen) atoms. The Balaban J connectivity index is 2.64. The van der Waals surface area contributed by atoms with E-state index in [1.54, 1.807) is 6.20 Å². The molecule has 0 saturated heterocycles. The zero-order valence-electron chi connectivity index (χ0n) is 7.66. The van der Waals surface area contributed by atoms with Crippen LogP contribution in [0.5, 0.6) is 0 Å². The minimum atomic E-state index is 0.0125. The van der Waals surface area contributed by atoms with Crippen LogP contribution in [0.2, 0.25) is 0 Å². The van der Waals surface area contributed by atoms with Crippen LogP contribution in [0.4, 0.5) is 0 Å². The van der Waals surface area contributed by atoms with Crippen molar-refractivity contribution in [2.24, 2.45) is 0 Å². The van der Waals surface area contributed by atoms with Crippen molar-refractivity contribution < 1.29 is 5.11 Å². The second-order valence-electron chi connectivity index (χ2n) is 3.20. The molecule has 0 saturated carbocycles. The molecule has 1 heterocycles. The van der Waals surface area contributed by atoms with Gasteiger partial charge in [-0.1, -0.05) is 6.07 Å². The van der Waals surface area contributed by atoms with Crippen molar-refractivity contribution in [2.75, 3.05) is 6.61 Å². The molecule has 2 rings (SSSR count). The van der Waals surface area contributed by atoms with Crippen LogP contribution in [-0.4, -0.2) is 16.7 Å². The first kappa shape index (κ1) is 8.97. The van der Waals surface area contributed by atoms with Gasteiger partial charge in [-0.2, -0.15) is 0 Å². The number of aromatic amines is 1. The molecule has 0 aliphatic carbocycles. The summed E-state index contributed by atoms with van der Waals surface area (Å²) in [6.07, 6.45) is 2.22. The van der Waals surface area contributed by atoms with Crippen molar-refractivity contribution >= 4 is 10.9 Å². The van der Waals surface area contributed by atoms with E-state index in [9.17, 15) is 4.79 Å². The monoisotopic (exact) mass is 189 g/mol. The predicted octanol–water partition coefficient (Wildman–Crippen LogP) is 1.06. The number of aliphatic hydroxyl groups is 1. The summed E-state index contributed by atoms with van der Waals surface area (Å²) in [5.41, 5.74) is 1.83. The molecule has 3 nitrogen and oxygen atoms in total. The Hall–Kier alpha value is -1.61. The van der Waals surface area contributed by atoms with E-state index >= 15 is 0 Å². The van der Waals surface area contributed by atoms with Gasteiger partial charge >= 0.3 is 0 Å². The molecule has 2 N–H and O–H groups in total. The Morgan fingerprint density at radius 3 is 2.93 bits per heavy atom. The lowest BCUT2D eigenvalue weighted by Gasteiger charge is -2.00. The quantitative estimate of drug-likeness (QED) is 0.742. The van der Waals surface area contributed by atoms with Gasteiger partial charge in [-0.15, -0.1) is 0 Å². The van der Waals surface area contributed by atoms with Gasteiger partial charge in [-0.05, 0) is 24.1 Å². The van der Waals surface area contributed by atoms with Crippen molar-refractivity contribution in [3.8, 4) is 0 Å². The van der Waals surface area contributed by atoms with E-state index in [0.717, 1.165) is 11.1 Å². The molecule has 0 bridgehead atoms. The lowest BCUT2D eigenvalue weighted by atomic mass is 10.1. The van der Waals surface area contributed by atoms with Crippen molar-refractivity contribution in [1.82, 2.24) is 4.98 Å². The summed E-state index contributed by atoms with van der Waals surface area (Å²) in [6, 6.07) is 7.10. The normalized spacial score (nSPS) is 10.6. The molecule has 0 fully saturated rings. The summed E-state index contributed by atoms with van der Waals surface area (Å²) < 4.78 is 0. The summed E-state index contributed by atoms with van der Waals surface area (Å²) >= 11 is 0. The summed E-state index contributed by atoms with van der Waals surface area (Å²) in [6.45, 7) is 0.107. The second-order valence-corrected chi connectivity index (χ2v) is 3.20. The molecular formula is C11H11NO2. The van der Waals surface area contributed by atoms with Crippen LogP contribution in [0, 0.1) is 0 Å². The molecule has 2 aromatic rings. The molecule has 0 unspecified atom stereocenters. The number of hydrogen-bond donors (Lipinski definition) is 2. The van der Waals surface area contributed by atoms with Crippen molar-refractivity contribution in [3.05, 3.63) is 46.2 Å². The number of benzene rings is 1. The maximum Gasteiger partial charge on any atom is 0.189 e. The van der Waals surface area contributed by atoms with E-state index in [-0.39, 0.29) is 12.0 Å². The minimum Gasteiger partial charge on any atom is -0.396 e. The fourth-order valence-electron chi connectivity index (χ4n) is 1.50. The second kappa shape index (κ2) is 3.64. The number of fused-ring (bicyclic) bond motifs is 1. The number of H-pyrrole nitrogens is 1. The summed E-state index contributed by atoms with van der Waals surface area (Å²) in [5, 5.41) is 9.45. The summed E-state index contributed by atoms with van der Waals surface area (Å²) in [7, 11) is 0. The maximum absolute atomic E-state index is 11.5. The van der Waals surface area contributed by atoms with E-state index in [1.165, 1.54) is 6.07 Å². The van der Waals surface area contributed by atoms with Gasteiger partial charge in [0.2, 0.25) is 0 Å². The third-order valence-electron chi connectivity index (χ3n) is 2.22. The first-order valence-corrected chi connectivity index (χ1v) is 4.52. The van der Waals surface area contributed by atoms with Crippen LogP contribution in [-0.2, 0) is 6.42 Å². The topological polar surface area (TPSA) is 53.1 Å². The van der Waals surface area contributed by atoms with Crippen molar-refractivity contribution in [3.63, 3.8) is 0 Å². The number of pyridine rings is 1. The Bertz CT molecular complexity index is 502. The van der Waals surface area contributed by atoms with E-state index < -0.39 is 0 Å². The van der Waals surface area contributed by atoms with Gasteiger partial charge in [0.05, 0.1) is 0 Å². The maximum atomic E-state index is 11.5. The van der Waals surface area contributed by atoms with Crippen molar-refractivity contribution in [2.45, 2.75) is 6.42 Å². The Morgan fingerprint density at radius 2 is 2.14 bits per heavy atom. The van der Waals surface area contributed by atoms with Crippen LogP contribution in [0.15, 0.2) is 35.3 Å². The largest absolute Gasteiger partial charge is 0.396 e. The zero-order valence-corrected chi connectivity index (χ0v) is 7.66. The van der Waals surface area contributed by atoms with Crippen LogP contribution in [0.3, 0.4) is 0 Å². The summed E-state index contributed by atoms with van der Waals surface area (Å²) in [4.78, 5) is 14.5. The lowest BCUT2D eigenvalue weighted by Crippen LogP contribution is -2.01. The van der Waals surface area contributed by atoms with Gasteiger partial charge in [0.25, 0.3) is 0 Å². The third-order valence-corrected chi connectivity index (χ3v) is 2.22. The number of aromatic nitrogens is 1. The highest BCUT2D eigenvalue weighted by atomic mass is 16.2. The molecule has 0 radical (unpaired) electrons. The molecule has 3 heteroatoms. The van der Waals surface area contributed by atoms with E-state index in [1.807, 2.05) is 18.2 Å². The predicted molar refractivity (Wildman–Crippen MR) is 55.4 cm³/mol. The highest BCUT2D eigenvalue weighted by Gasteiger charge is 1.99. The Labute approximate surface area is 81.0 Å². The van der Waals surface area contributed by atoms with Gasteiger partial charge in [-0.25, -0.2) is 0 Å². The molecule has 1 aromatic carbocycles. The van der Waals surface area contributed by atoms with Gasteiger partial charge in [0, 0.05) is 29.8 Å². The molecule has 72 valence electrons. The minimum absolute atomic E-state index is 0.0125. The highest BCUT2D eigenvalue weighted by Crippen LogP contribution is 2.09. The molecule has 0 spiro atoms. The van der Waals surface area contributed by atoms with Gasteiger partial charge < -0.3 is 10.1 Å².